The van der Waals surface area contributed by atoms with Crippen molar-refractivity contribution in [2.24, 2.45) is 5.41 Å². The molecule has 0 aromatic heterocycles. The third-order valence-electron chi connectivity index (χ3n) is 5.98. The summed E-state index contributed by atoms with van der Waals surface area (Å²) in [5, 5.41) is 8.44. The number of rotatable bonds is 14. The largest absolute Gasteiger partial charge is 0.490 e. The molecule has 1 heterocycles. The second-order valence-electron chi connectivity index (χ2n) is 10.7. The van der Waals surface area contributed by atoms with Crippen LogP contribution in [0.15, 0.2) is 71.2 Å². The van der Waals surface area contributed by atoms with E-state index >= 15 is 0 Å². The van der Waals surface area contributed by atoms with Gasteiger partial charge in [-0.05, 0) is 31.5 Å². The number of methoxy groups -OCH3 is 1. The van der Waals surface area contributed by atoms with Crippen molar-refractivity contribution in [3.8, 4) is 0 Å². The van der Waals surface area contributed by atoms with E-state index in [9.17, 15) is 19.2 Å². The van der Waals surface area contributed by atoms with Gasteiger partial charge < -0.3 is 30.2 Å². The first-order chi connectivity index (χ1) is 19.8. The highest BCUT2D eigenvalue weighted by molar-refractivity contribution is 6.29. The molecule has 232 valence electrons. The summed E-state index contributed by atoms with van der Waals surface area (Å²) in [7, 11) is 2.90. The summed E-state index contributed by atoms with van der Waals surface area (Å²) in [5.74, 6) is -1.04. The van der Waals surface area contributed by atoms with Crippen LogP contribution in [0.25, 0.3) is 0 Å². The fourth-order valence-electron chi connectivity index (χ4n) is 3.63. The summed E-state index contributed by atoms with van der Waals surface area (Å²) < 4.78 is 15.6. The number of amides is 3. The molecule has 10 nitrogen and oxygen atoms in total. The third kappa shape index (κ3) is 14.7. The molecular weight excluding hydrogens is 562 g/mol. The van der Waals surface area contributed by atoms with Gasteiger partial charge in [-0.1, -0.05) is 74.4 Å². The average Bonchev–Trinajstić information content (AvgIpc) is 2.92. The Balaban J connectivity index is 2.66. The maximum Gasteiger partial charge on any atom is 0.407 e. The van der Waals surface area contributed by atoms with Gasteiger partial charge in [-0.3, -0.25) is 9.59 Å². The van der Waals surface area contributed by atoms with Gasteiger partial charge in [0.25, 0.3) is 0 Å². The molecular formula is C31H44ClN3O7. The lowest BCUT2D eigenvalue weighted by Gasteiger charge is -2.29. The molecule has 0 spiro atoms. The van der Waals surface area contributed by atoms with E-state index < -0.39 is 35.5 Å². The molecule has 3 amide bonds. The Morgan fingerprint density at radius 2 is 1.83 bits per heavy atom. The molecule has 0 bridgehead atoms. The molecule has 3 N–H and O–H groups in total. The zero-order valence-corrected chi connectivity index (χ0v) is 26.2. The van der Waals surface area contributed by atoms with Gasteiger partial charge >= 0.3 is 12.1 Å². The number of carbonyl (C=O) groups is 4. The molecule has 1 aliphatic rings. The number of halogens is 1. The predicted molar refractivity (Wildman–Crippen MR) is 163 cm³/mol. The highest BCUT2D eigenvalue weighted by Gasteiger charge is 2.32. The van der Waals surface area contributed by atoms with E-state index in [1.165, 1.54) is 26.4 Å². The van der Waals surface area contributed by atoms with Crippen LogP contribution in [0.1, 0.15) is 60.3 Å². The molecule has 0 saturated heterocycles. The summed E-state index contributed by atoms with van der Waals surface area (Å²) in [6.45, 7) is 9.18. The van der Waals surface area contributed by atoms with Crippen molar-refractivity contribution in [1.29, 1.82) is 0 Å². The van der Waals surface area contributed by atoms with Gasteiger partial charge in [-0.25, -0.2) is 9.59 Å². The Morgan fingerprint density at radius 3 is 2.43 bits per heavy atom. The van der Waals surface area contributed by atoms with Crippen molar-refractivity contribution in [3.63, 3.8) is 0 Å². The van der Waals surface area contributed by atoms with E-state index in [1.54, 1.807) is 37.3 Å². The van der Waals surface area contributed by atoms with Crippen LogP contribution in [0.4, 0.5) is 4.79 Å². The van der Waals surface area contributed by atoms with Crippen LogP contribution >= 0.6 is 11.6 Å². The summed E-state index contributed by atoms with van der Waals surface area (Å²) in [5.41, 5.74) is 0.374. The summed E-state index contributed by atoms with van der Waals surface area (Å²) in [6, 6.07) is -0.810. The zero-order chi connectivity index (χ0) is 31.7. The minimum absolute atomic E-state index is 0.224. The lowest BCUT2D eigenvalue weighted by molar-refractivity contribution is -0.149. The summed E-state index contributed by atoms with van der Waals surface area (Å²) >= 11 is 5.89. The van der Waals surface area contributed by atoms with Gasteiger partial charge in [0.1, 0.15) is 18.2 Å². The molecule has 3 unspecified atom stereocenters. The van der Waals surface area contributed by atoms with Gasteiger partial charge in [0, 0.05) is 43.8 Å². The topological polar surface area (TPSA) is 132 Å². The maximum absolute atomic E-state index is 12.9. The van der Waals surface area contributed by atoms with E-state index in [-0.39, 0.29) is 17.8 Å². The Hall–Kier alpha value is -3.79. The fraction of sp³-hybridized carbons (Fsp3) is 0.484. The predicted octanol–water partition coefficient (Wildman–Crippen LogP) is 5.09. The van der Waals surface area contributed by atoms with E-state index in [2.05, 4.69) is 16.0 Å². The van der Waals surface area contributed by atoms with Gasteiger partial charge in [0.05, 0.1) is 7.11 Å². The van der Waals surface area contributed by atoms with Crippen molar-refractivity contribution >= 4 is 35.5 Å². The van der Waals surface area contributed by atoms with Crippen molar-refractivity contribution in [3.05, 3.63) is 71.2 Å². The van der Waals surface area contributed by atoms with E-state index in [4.69, 9.17) is 25.8 Å². The normalized spacial score (nSPS) is 18.0. The molecule has 0 fully saturated rings. The lowest BCUT2D eigenvalue weighted by atomic mass is 9.86. The molecule has 3 atom stereocenters. The third-order valence-corrected chi connectivity index (χ3v) is 6.13. The molecule has 1 rings (SSSR count). The molecule has 0 aromatic rings. The minimum Gasteiger partial charge on any atom is -0.490 e. The quantitative estimate of drug-likeness (QED) is 0.143. The van der Waals surface area contributed by atoms with Crippen LogP contribution in [-0.2, 0) is 28.6 Å². The Kier molecular flexibility index (Phi) is 16.1. The lowest BCUT2D eigenvalue weighted by Crippen LogP contribution is -2.52. The fourth-order valence-corrected chi connectivity index (χ4v) is 3.72. The summed E-state index contributed by atoms with van der Waals surface area (Å²) in [4.78, 5) is 48.8. The number of alkyl carbamates (subject to hydrolysis) is 1. The van der Waals surface area contributed by atoms with E-state index in [0.29, 0.717) is 30.7 Å². The zero-order valence-electron chi connectivity index (χ0n) is 25.5. The number of allylic oxidation sites excluding steroid dienone is 5. The van der Waals surface area contributed by atoms with Crippen LogP contribution in [0, 0.1) is 5.41 Å². The number of ether oxygens (including phenoxy) is 3. The number of nitrogens with one attached hydrogen (secondary N) is 3. The Bertz CT molecular complexity index is 1130. The maximum atomic E-state index is 12.9. The van der Waals surface area contributed by atoms with Crippen molar-refractivity contribution < 1.29 is 33.4 Å². The Labute approximate surface area is 253 Å². The number of cyclic esters (lactones) is 1. The van der Waals surface area contributed by atoms with Crippen molar-refractivity contribution in [1.82, 2.24) is 16.0 Å². The van der Waals surface area contributed by atoms with E-state index in [1.807, 2.05) is 39.8 Å². The van der Waals surface area contributed by atoms with Crippen LogP contribution in [0.3, 0.4) is 0 Å². The standard InChI is InChI=1S/C31H44ClN3O7/c1-21(14-16-24-18-19-25(40-7)29(38)41-24)11-8-9-13-26(36)35-27(31(3,4)5)28(37)34-20-10-12-23(17-15-22(2)32)42-30(39)33-6/h8-11,13-15,19-20,23-24,27H,12,16-18H2,1-7H3,(H,33,39)(H,34,37)(H,35,36)/b11-8-,13-9-,20-10-,21-14+,22-15+. The highest BCUT2D eigenvalue weighted by Crippen LogP contribution is 2.20. The second kappa shape index (κ2) is 18.6. The molecule has 1 aliphatic heterocycles. The van der Waals surface area contributed by atoms with Gasteiger partial charge in [0.15, 0.2) is 5.76 Å². The summed E-state index contributed by atoms with van der Waals surface area (Å²) in [6.07, 6.45) is 15.7. The molecule has 0 radical (unpaired) electrons. The van der Waals surface area contributed by atoms with Crippen LogP contribution in [-0.4, -0.2) is 56.3 Å². The first-order valence-corrected chi connectivity index (χ1v) is 14.1. The first kappa shape index (κ1) is 36.2. The Morgan fingerprint density at radius 1 is 1.14 bits per heavy atom. The molecule has 0 aliphatic carbocycles. The molecule has 42 heavy (non-hydrogen) atoms. The van der Waals surface area contributed by atoms with Crippen LogP contribution < -0.4 is 16.0 Å². The smallest absolute Gasteiger partial charge is 0.407 e. The van der Waals surface area contributed by atoms with Gasteiger partial charge in [-0.2, -0.15) is 0 Å². The van der Waals surface area contributed by atoms with Crippen LogP contribution in [0.5, 0.6) is 0 Å². The second-order valence-corrected chi connectivity index (χ2v) is 11.3. The number of carbonyl (C=O) groups excluding carboxylic acids is 4. The van der Waals surface area contributed by atoms with Crippen molar-refractivity contribution in [2.45, 2.75) is 78.6 Å². The number of hydrogen-bond donors (Lipinski definition) is 3. The molecule has 0 aromatic carbocycles. The van der Waals surface area contributed by atoms with Crippen molar-refractivity contribution in [2.75, 3.05) is 14.2 Å². The van der Waals surface area contributed by atoms with Crippen LogP contribution in [0.2, 0.25) is 0 Å². The molecule has 11 heteroatoms. The average molecular weight is 606 g/mol. The van der Waals surface area contributed by atoms with Gasteiger partial charge in [0.2, 0.25) is 11.8 Å². The number of esters is 1. The minimum atomic E-state index is -0.810. The molecule has 0 saturated carbocycles. The van der Waals surface area contributed by atoms with Gasteiger partial charge in [-0.15, -0.1) is 0 Å². The number of hydrogen-bond acceptors (Lipinski definition) is 7. The first-order valence-electron chi connectivity index (χ1n) is 13.7. The SMILES string of the molecule is CNC(=O)OC(C/C=C\NC(=O)C(NC(=O)\C=C/C=C\C(C)=C\CC1CC=C(OC)C(=O)O1)C(C)(C)C)C/C=C(\C)Cl. The van der Waals surface area contributed by atoms with E-state index in [0.717, 1.165) is 5.57 Å². The monoisotopic (exact) mass is 605 g/mol. The highest BCUT2D eigenvalue weighted by atomic mass is 35.5.